The van der Waals surface area contributed by atoms with E-state index >= 15 is 0 Å². The number of carbonyl (C=O) groups excluding carboxylic acids is 4. The fourth-order valence-corrected chi connectivity index (χ4v) is 8.91. The van der Waals surface area contributed by atoms with Crippen LogP contribution in [0.2, 0.25) is 0 Å². The maximum absolute atomic E-state index is 14.1. The topological polar surface area (TPSA) is 153 Å². The molecule has 59 heavy (non-hydrogen) atoms. The molecule has 4 aromatic carbocycles. The van der Waals surface area contributed by atoms with Crippen LogP contribution < -0.4 is 15.1 Å². The zero-order valence-electron chi connectivity index (χ0n) is 31.9. The van der Waals surface area contributed by atoms with Gasteiger partial charge in [0.1, 0.15) is 11.7 Å². The number of hydrogen-bond donors (Lipinski definition) is 2. The number of fused-ring (bicyclic) bond motifs is 2. The first-order valence-electron chi connectivity index (χ1n) is 19.8. The van der Waals surface area contributed by atoms with Crippen molar-refractivity contribution in [3.05, 3.63) is 138 Å². The molecule has 4 amide bonds. The van der Waals surface area contributed by atoms with Gasteiger partial charge in [0.2, 0.25) is 11.8 Å². The number of anilines is 2. The molecule has 2 fully saturated rings. The molecule has 10 rings (SSSR count). The van der Waals surface area contributed by atoms with Gasteiger partial charge >= 0.3 is 0 Å². The minimum absolute atomic E-state index is 0.0607. The van der Waals surface area contributed by atoms with E-state index in [1.54, 1.807) is 18.5 Å². The minimum Gasteiger partial charge on any atom is -0.411 e. The number of oxime groups is 1. The zero-order chi connectivity index (χ0) is 40.2. The Morgan fingerprint density at radius 3 is 2.14 bits per heavy atom. The van der Waals surface area contributed by atoms with Gasteiger partial charge in [0.15, 0.2) is 0 Å². The number of nitrogens with zero attached hydrogens (tertiary/aromatic N) is 7. The molecule has 0 radical (unpaired) electrons. The molecule has 1 aliphatic carbocycles. The van der Waals surface area contributed by atoms with E-state index in [1.165, 1.54) is 0 Å². The van der Waals surface area contributed by atoms with Gasteiger partial charge in [-0.05, 0) is 84.5 Å². The Morgan fingerprint density at radius 1 is 0.661 bits per heavy atom. The Morgan fingerprint density at radius 2 is 1.39 bits per heavy atom. The average Bonchev–Trinajstić information content (AvgIpc) is 3.98. The number of piperazine rings is 1. The third-order valence-electron chi connectivity index (χ3n) is 11.9. The summed E-state index contributed by atoms with van der Waals surface area (Å²) >= 11 is 0. The molecule has 292 valence electrons. The third kappa shape index (κ3) is 6.22. The van der Waals surface area contributed by atoms with Crippen molar-refractivity contribution >= 4 is 40.7 Å². The minimum atomic E-state index is -1.04. The molecule has 4 aliphatic rings. The number of aryl methyl sites for hydroxylation is 1. The molecule has 6 aromatic rings. The predicted molar refractivity (Wildman–Crippen MR) is 222 cm³/mol. The number of rotatable bonds is 7. The van der Waals surface area contributed by atoms with Crippen LogP contribution in [0.3, 0.4) is 0 Å². The van der Waals surface area contributed by atoms with Crippen molar-refractivity contribution < 1.29 is 24.4 Å². The van der Waals surface area contributed by atoms with E-state index in [9.17, 15) is 24.4 Å². The first-order chi connectivity index (χ1) is 28.9. The number of nitrogens with one attached hydrogen (secondary N) is 1. The quantitative estimate of drug-likeness (QED) is 0.111. The summed E-state index contributed by atoms with van der Waals surface area (Å²) in [4.78, 5) is 62.4. The monoisotopic (exact) mass is 782 g/mol. The van der Waals surface area contributed by atoms with Gasteiger partial charge in [0.25, 0.3) is 11.8 Å². The summed E-state index contributed by atoms with van der Waals surface area (Å²) < 4.78 is 1.91. The maximum atomic E-state index is 14.1. The summed E-state index contributed by atoms with van der Waals surface area (Å²) in [7, 11) is 0. The van der Waals surface area contributed by atoms with Crippen LogP contribution in [0.1, 0.15) is 51.1 Å². The van der Waals surface area contributed by atoms with Crippen molar-refractivity contribution in [2.45, 2.75) is 31.7 Å². The van der Waals surface area contributed by atoms with Crippen LogP contribution in [0.15, 0.2) is 121 Å². The molecule has 0 saturated carbocycles. The largest absolute Gasteiger partial charge is 0.411 e. The van der Waals surface area contributed by atoms with E-state index in [2.05, 4.69) is 67.9 Å². The molecule has 3 aliphatic heterocycles. The summed E-state index contributed by atoms with van der Waals surface area (Å²) in [6, 6.07) is 30.7. The zero-order valence-corrected chi connectivity index (χ0v) is 31.9. The second-order valence-electron chi connectivity index (χ2n) is 15.2. The lowest BCUT2D eigenvalue weighted by molar-refractivity contribution is -0.136. The molecule has 0 bridgehead atoms. The highest BCUT2D eigenvalue weighted by Gasteiger charge is 2.46. The highest BCUT2D eigenvalue weighted by molar-refractivity contribution is 6.26. The molecule has 2 saturated heterocycles. The molecule has 0 spiro atoms. The van der Waals surface area contributed by atoms with Crippen LogP contribution in [0.25, 0.3) is 39.2 Å². The van der Waals surface area contributed by atoms with Crippen LogP contribution >= 0.6 is 0 Å². The van der Waals surface area contributed by atoms with Gasteiger partial charge in [-0.15, -0.1) is 0 Å². The molecular formula is C46H38N8O5. The van der Waals surface area contributed by atoms with Crippen molar-refractivity contribution in [2.75, 3.05) is 36.0 Å². The first-order valence-corrected chi connectivity index (χ1v) is 19.8. The smallest absolute Gasteiger partial charge is 0.263 e. The molecule has 13 heteroatoms. The fourth-order valence-electron chi connectivity index (χ4n) is 8.91. The van der Waals surface area contributed by atoms with Crippen LogP contribution in [0, 0.1) is 0 Å². The predicted octanol–water partition coefficient (Wildman–Crippen LogP) is 6.12. The van der Waals surface area contributed by atoms with Gasteiger partial charge in [-0.25, -0.2) is 4.68 Å². The van der Waals surface area contributed by atoms with E-state index in [0.717, 1.165) is 80.5 Å². The Balaban J connectivity index is 0.903. The third-order valence-corrected chi connectivity index (χ3v) is 11.9. The number of imide groups is 2. The van der Waals surface area contributed by atoms with Gasteiger partial charge in [-0.1, -0.05) is 53.7 Å². The standard InChI is InChI=1S/C46H38N8O5/c55-40-17-16-39(44(56)48-40)54-45(57)35-13-15-38(41(42(35)46(54)58)28-4-2-1-3-5-28)52-24-22-51(23-25-52)32-8-10-33(11-9-32)53-27-36(43(49-53)29-18-20-47-21-19-29)31-6-12-34-30(26-31)7-14-37(34)50-59/h1-6,8-13,15,18-21,26-27,39,59H,7,14,16-17,22-25H2,(H,48,55,56)/b50-37+. The molecular weight excluding hydrogens is 745 g/mol. The fraction of sp³-hybridized carbons (Fsp3) is 0.196. The maximum Gasteiger partial charge on any atom is 0.263 e. The second kappa shape index (κ2) is 14.5. The van der Waals surface area contributed by atoms with E-state index in [-0.39, 0.29) is 24.0 Å². The Bertz CT molecular complexity index is 2700. The summed E-state index contributed by atoms with van der Waals surface area (Å²) in [5, 5.41) is 20.3. The van der Waals surface area contributed by atoms with Crippen molar-refractivity contribution in [1.82, 2.24) is 25.0 Å². The molecule has 1 atom stereocenters. The number of pyridine rings is 1. The molecule has 1 unspecified atom stereocenters. The number of piperidine rings is 1. The first kappa shape index (κ1) is 36.0. The van der Waals surface area contributed by atoms with Gasteiger partial charge < -0.3 is 15.0 Å². The van der Waals surface area contributed by atoms with Gasteiger partial charge in [0.05, 0.1) is 22.5 Å². The molecule has 2 aromatic heterocycles. The van der Waals surface area contributed by atoms with E-state index in [0.29, 0.717) is 30.8 Å². The van der Waals surface area contributed by atoms with Crippen molar-refractivity contribution in [1.29, 1.82) is 0 Å². The number of amides is 4. The summed E-state index contributed by atoms with van der Waals surface area (Å²) in [6.07, 6.45) is 7.29. The summed E-state index contributed by atoms with van der Waals surface area (Å²) in [5.74, 6) is -2.08. The number of hydrogen-bond acceptors (Lipinski definition) is 10. The summed E-state index contributed by atoms with van der Waals surface area (Å²) in [5.41, 5.74) is 11.6. The Hall–Kier alpha value is -7.41. The average molecular weight is 783 g/mol. The number of carbonyl (C=O) groups is 4. The Kier molecular flexibility index (Phi) is 8.85. The lowest BCUT2D eigenvalue weighted by Crippen LogP contribution is -2.54. The Labute approximate surface area is 339 Å². The van der Waals surface area contributed by atoms with Gasteiger partial charge in [-0.3, -0.25) is 34.4 Å². The lowest BCUT2D eigenvalue weighted by atomic mass is 9.93. The second-order valence-corrected chi connectivity index (χ2v) is 15.2. The number of benzene rings is 4. The molecule has 5 heterocycles. The normalized spacial score (nSPS) is 18.4. The van der Waals surface area contributed by atoms with E-state index < -0.39 is 29.7 Å². The van der Waals surface area contributed by atoms with E-state index in [1.807, 2.05) is 59.3 Å². The SMILES string of the molecule is O=C1CCC(N2C(=O)c3ccc(N4CCN(c5ccc(-n6cc(-c7ccc8c(c7)CC/C8=N\O)c(-c7ccncc7)n6)cc5)CC4)c(-c4ccccc4)c3C2=O)C(=O)N1. The molecule has 2 N–H and O–H groups in total. The molecule has 13 nitrogen and oxygen atoms in total. The lowest BCUT2D eigenvalue weighted by Gasteiger charge is -2.38. The van der Waals surface area contributed by atoms with Crippen LogP contribution in [-0.2, 0) is 16.0 Å². The van der Waals surface area contributed by atoms with Crippen molar-refractivity contribution in [3.8, 4) is 39.2 Å². The van der Waals surface area contributed by atoms with Crippen molar-refractivity contribution in [2.24, 2.45) is 5.16 Å². The highest BCUT2D eigenvalue weighted by Crippen LogP contribution is 2.42. The van der Waals surface area contributed by atoms with Crippen LogP contribution in [0.4, 0.5) is 11.4 Å². The summed E-state index contributed by atoms with van der Waals surface area (Å²) in [6.45, 7) is 2.78. The van der Waals surface area contributed by atoms with E-state index in [4.69, 9.17) is 5.10 Å². The van der Waals surface area contributed by atoms with Crippen LogP contribution in [-0.4, -0.2) is 86.4 Å². The van der Waals surface area contributed by atoms with Gasteiger partial charge in [0, 0.05) is 84.8 Å². The van der Waals surface area contributed by atoms with Crippen LogP contribution in [0.5, 0.6) is 0 Å². The highest BCUT2D eigenvalue weighted by atomic mass is 16.4. The van der Waals surface area contributed by atoms with Gasteiger partial charge in [-0.2, -0.15) is 5.10 Å². The van der Waals surface area contributed by atoms with Crippen molar-refractivity contribution in [3.63, 3.8) is 0 Å². The number of aromatic nitrogens is 3.